The van der Waals surface area contributed by atoms with E-state index < -0.39 is 13.1 Å². The van der Waals surface area contributed by atoms with Crippen LogP contribution in [0.2, 0.25) is 6.82 Å². The number of carbonyl (C=O) groups excluding carboxylic acids is 1. The molecule has 0 radical (unpaired) electrons. The maximum Gasteiger partial charge on any atom is 0.374 e. The predicted octanol–water partition coefficient (Wildman–Crippen LogP) is 1.92. The zero-order valence-electron chi connectivity index (χ0n) is 17.0. The Morgan fingerprint density at radius 1 is 1.23 bits per heavy atom. The molecule has 0 aliphatic rings. The minimum absolute atomic E-state index is 0.132. The minimum atomic E-state index is -0.826. The molecule has 0 saturated heterocycles. The number of nitrogens with one attached hydrogen (secondary N) is 1. The number of hydrogen-bond donors (Lipinski definition) is 2. The summed E-state index contributed by atoms with van der Waals surface area (Å²) in [6, 6.07) is 10.5. The molecular formula is C20H23BN4O5. The number of ketones is 1. The van der Waals surface area contributed by atoms with Gasteiger partial charge in [-0.2, -0.15) is 4.98 Å². The summed E-state index contributed by atoms with van der Waals surface area (Å²) >= 11 is 0. The number of benzene rings is 1. The summed E-state index contributed by atoms with van der Waals surface area (Å²) in [5.41, 5.74) is 1.53. The Kier molecular flexibility index (Phi) is 7.15. The summed E-state index contributed by atoms with van der Waals surface area (Å²) in [4.78, 5) is 20.3. The number of Topliss-reactive ketones (excluding diaryl/α,β-unsaturated/α-hetero) is 1. The lowest BCUT2D eigenvalue weighted by Crippen LogP contribution is -2.45. The third-order valence-electron chi connectivity index (χ3n) is 4.31. The Bertz CT molecular complexity index is 960. The van der Waals surface area contributed by atoms with Crippen molar-refractivity contribution in [2.75, 3.05) is 7.11 Å². The van der Waals surface area contributed by atoms with Gasteiger partial charge in [0.05, 0.1) is 19.3 Å². The quantitative estimate of drug-likeness (QED) is 0.483. The second-order valence-corrected chi connectivity index (χ2v) is 6.74. The van der Waals surface area contributed by atoms with Gasteiger partial charge in [0.1, 0.15) is 29.6 Å². The smallest absolute Gasteiger partial charge is 0.374 e. The first-order valence-electron chi connectivity index (χ1n) is 9.44. The van der Waals surface area contributed by atoms with Gasteiger partial charge in [0.15, 0.2) is 0 Å². The monoisotopic (exact) mass is 410 g/mol. The van der Waals surface area contributed by atoms with Crippen LogP contribution < -0.4 is 14.7 Å². The Morgan fingerprint density at radius 2 is 1.97 bits per heavy atom. The van der Waals surface area contributed by atoms with E-state index in [0.717, 1.165) is 11.3 Å². The van der Waals surface area contributed by atoms with Gasteiger partial charge < -0.3 is 24.2 Å². The molecule has 1 unspecified atom stereocenters. The molecule has 0 saturated carbocycles. The summed E-state index contributed by atoms with van der Waals surface area (Å²) in [6.07, 6.45) is 1.76. The van der Waals surface area contributed by atoms with Crippen molar-refractivity contribution in [1.82, 2.24) is 20.4 Å². The van der Waals surface area contributed by atoms with E-state index in [1.807, 2.05) is 24.3 Å². The number of hydrogen-bond acceptors (Lipinski definition) is 9. The molecule has 2 aromatic heterocycles. The molecule has 2 N–H and O–H groups in total. The molecule has 0 amide bonds. The highest BCUT2D eigenvalue weighted by molar-refractivity contribution is 6.46. The highest BCUT2D eigenvalue weighted by Crippen LogP contribution is 2.19. The van der Waals surface area contributed by atoms with E-state index in [1.54, 1.807) is 25.4 Å². The summed E-state index contributed by atoms with van der Waals surface area (Å²) in [7, 11) is 0.799. The fourth-order valence-electron chi connectivity index (χ4n) is 2.71. The lowest BCUT2D eigenvalue weighted by atomic mass is 9.86. The fraction of sp³-hybridized carbons (Fsp3) is 0.300. The number of aromatic nitrogens is 3. The van der Waals surface area contributed by atoms with Crippen molar-refractivity contribution in [3.8, 4) is 23.0 Å². The van der Waals surface area contributed by atoms with E-state index in [1.165, 1.54) is 13.7 Å². The van der Waals surface area contributed by atoms with Gasteiger partial charge in [0.2, 0.25) is 11.7 Å². The van der Waals surface area contributed by atoms with Gasteiger partial charge in [-0.1, -0.05) is 17.3 Å². The molecule has 2 heterocycles. The zero-order valence-corrected chi connectivity index (χ0v) is 17.0. The molecule has 0 spiro atoms. The van der Waals surface area contributed by atoms with Crippen molar-refractivity contribution < 1.29 is 23.8 Å². The molecule has 10 heteroatoms. The normalized spacial score (nSPS) is 11.7. The molecular weight excluding hydrogens is 387 g/mol. The maximum atomic E-state index is 11.7. The lowest BCUT2D eigenvalue weighted by molar-refractivity contribution is -0.118. The second kappa shape index (κ2) is 9.99. The second-order valence-electron chi connectivity index (χ2n) is 6.74. The first kappa shape index (κ1) is 21.5. The van der Waals surface area contributed by atoms with Crippen molar-refractivity contribution in [2.24, 2.45) is 0 Å². The molecule has 0 aliphatic heterocycles. The van der Waals surface area contributed by atoms with Crippen molar-refractivity contribution in [3.05, 3.63) is 54.0 Å². The highest BCUT2D eigenvalue weighted by Gasteiger charge is 2.21. The average molecular weight is 410 g/mol. The first-order chi connectivity index (χ1) is 14.4. The molecule has 3 rings (SSSR count). The van der Waals surface area contributed by atoms with Crippen molar-refractivity contribution in [2.45, 2.75) is 32.8 Å². The van der Waals surface area contributed by atoms with E-state index in [0.29, 0.717) is 23.9 Å². The third-order valence-corrected chi connectivity index (χ3v) is 4.31. The average Bonchev–Trinajstić information content (AvgIpc) is 3.20. The van der Waals surface area contributed by atoms with E-state index in [-0.39, 0.29) is 18.1 Å². The molecule has 0 bridgehead atoms. The van der Waals surface area contributed by atoms with Crippen molar-refractivity contribution in [1.29, 1.82) is 0 Å². The number of nitrogens with zero attached hydrogens (tertiary/aromatic N) is 3. The van der Waals surface area contributed by atoms with Gasteiger partial charge in [-0.25, -0.2) is 4.98 Å². The fourth-order valence-corrected chi connectivity index (χ4v) is 2.71. The van der Waals surface area contributed by atoms with Gasteiger partial charge in [0, 0.05) is 6.42 Å². The van der Waals surface area contributed by atoms with Crippen LogP contribution >= 0.6 is 0 Å². The Balaban J connectivity index is 1.60. The molecule has 3 aromatic rings. The van der Waals surface area contributed by atoms with E-state index in [2.05, 4.69) is 20.4 Å². The first-order valence-corrected chi connectivity index (χ1v) is 9.44. The molecule has 1 aromatic carbocycles. The van der Waals surface area contributed by atoms with E-state index >= 15 is 0 Å². The van der Waals surface area contributed by atoms with Crippen LogP contribution in [0.15, 0.2) is 47.1 Å². The van der Waals surface area contributed by atoms with Crippen LogP contribution in [0.5, 0.6) is 11.5 Å². The Hall–Kier alpha value is -3.24. The molecule has 9 nitrogen and oxygen atoms in total. The van der Waals surface area contributed by atoms with Crippen molar-refractivity contribution in [3.63, 3.8) is 0 Å². The van der Waals surface area contributed by atoms with Gasteiger partial charge in [0.25, 0.3) is 0 Å². The van der Waals surface area contributed by atoms with Gasteiger partial charge >= 0.3 is 7.05 Å². The van der Waals surface area contributed by atoms with Gasteiger partial charge in [-0.3, -0.25) is 4.79 Å². The Morgan fingerprint density at radius 3 is 2.57 bits per heavy atom. The summed E-state index contributed by atoms with van der Waals surface area (Å²) in [6.45, 7) is 3.38. The van der Waals surface area contributed by atoms with Crippen LogP contribution in [0, 0.1) is 0 Å². The number of pyridine rings is 1. The summed E-state index contributed by atoms with van der Waals surface area (Å²) < 4.78 is 16.1. The van der Waals surface area contributed by atoms with Crippen LogP contribution in [0.1, 0.15) is 18.4 Å². The van der Waals surface area contributed by atoms with E-state index in [9.17, 15) is 9.82 Å². The van der Waals surface area contributed by atoms with Crippen LogP contribution in [0.25, 0.3) is 11.5 Å². The zero-order chi connectivity index (χ0) is 21.5. The van der Waals surface area contributed by atoms with Crippen LogP contribution in [-0.2, 0) is 17.8 Å². The number of rotatable bonds is 10. The maximum absolute atomic E-state index is 11.7. The minimum Gasteiger partial charge on any atom is -0.497 e. The molecule has 1 atom stereocenters. The predicted molar refractivity (Wildman–Crippen MR) is 110 cm³/mol. The Labute approximate surface area is 174 Å². The molecule has 30 heavy (non-hydrogen) atoms. The number of ether oxygens (including phenoxy) is 2. The summed E-state index contributed by atoms with van der Waals surface area (Å²) in [5.74, 6) is 1.86. The standard InChI is InChI=1S/C20H23BN4O5/c1-13(26)18(24-21(2)27)10-19-23-20(25-30-19)17-9-8-16(11-22-17)29-12-14-4-6-15(28-3)7-5-14/h4-9,11,18,24,27H,10,12H2,1-3H3. The van der Waals surface area contributed by atoms with Crippen LogP contribution in [-0.4, -0.2) is 46.1 Å². The van der Waals surface area contributed by atoms with Crippen LogP contribution in [0.4, 0.5) is 0 Å². The third kappa shape index (κ3) is 5.88. The van der Waals surface area contributed by atoms with Crippen molar-refractivity contribution >= 4 is 12.8 Å². The lowest BCUT2D eigenvalue weighted by Gasteiger charge is -2.13. The number of methoxy groups -OCH3 is 1. The molecule has 156 valence electrons. The van der Waals surface area contributed by atoms with Gasteiger partial charge in [-0.05, 0) is 43.6 Å². The topological polar surface area (TPSA) is 120 Å². The summed E-state index contributed by atoms with van der Waals surface area (Å²) in [5, 5.41) is 16.1. The van der Waals surface area contributed by atoms with E-state index in [4.69, 9.17) is 14.0 Å². The van der Waals surface area contributed by atoms with Crippen LogP contribution in [0.3, 0.4) is 0 Å². The SMILES string of the molecule is COc1ccc(COc2ccc(-c3noc(CC(NB(C)O)C(C)=O)n3)nc2)cc1. The highest BCUT2D eigenvalue weighted by atomic mass is 16.5. The largest absolute Gasteiger partial charge is 0.497 e. The molecule has 0 fully saturated rings. The van der Waals surface area contributed by atoms with Gasteiger partial charge in [-0.15, -0.1) is 0 Å². The number of carbonyl (C=O) groups is 1. The molecule has 0 aliphatic carbocycles.